The van der Waals surface area contributed by atoms with Crippen LogP contribution < -0.4 is 5.32 Å². The zero-order chi connectivity index (χ0) is 21.2. The second-order valence-corrected chi connectivity index (χ2v) is 9.90. The Kier molecular flexibility index (Phi) is 9.52. The number of nitriles is 1. The molecule has 0 heterocycles. The van der Waals surface area contributed by atoms with Gasteiger partial charge in [0.1, 0.15) is 6.61 Å². The normalized spacial score (nSPS) is 12.9. The van der Waals surface area contributed by atoms with Gasteiger partial charge in [-0.15, -0.1) is 0 Å². The number of nitrogens with zero attached hydrogens (tertiary/aromatic N) is 1. The highest BCUT2D eigenvalue weighted by molar-refractivity contribution is 5.67. The van der Waals surface area contributed by atoms with Crippen LogP contribution in [0.4, 0.5) is 4.79 Å². The van der Waals surface area contributed by atoms with Crippen molar-refractivity contribution in [2.75, 3.05) is 6.54 Å². The summed E-state index contributed by atoms with van der Waals surface area (Å²) in [5.41, 5.74) is 2.80. The summed E-state index contributed by atoms with van der Waals surface area (Å²) in [5.74, 6) is 0.479. The number of rotatable bonds is 9. The summed E-state index contributed by atoms with van der Waals surface area (Å²) in [6.45, 7) is 14.6. The molecule has 28 heavy (non-hydrogen) atoms. The zero-order valence-electron chi connectivity index (χ0n) is 18.6. The topological polar surface area (TPSA) is 62.1 Å². The number of nitrogens with one attached hydrogen (secondary N) is 1. The summed E-state index contributed by atoms with van der Waals surface area (Å²) < 4.78 is 5.30. The summed E-state index contributed by atoms with van der Waals surface area (Å²) in [6, 6.07) is 10.6. The van der Waals surface area contributed by atoms with Crippen molar-refractivity contribution in [2.24, 2.45) is 10.8 Å². The van der Waals surface area contributed by atoms with E-state index in [0.29, 0.717) is 18.9 Å². The van der Waals surface area contributed by atoms with E-state index in [-0.39, 0.29) is 23.5 Å². The molecule has 1 unspecified atom stereocenters. The van der Waals surface area contributed by atoms with Crippen molar-refractivity contribution in [1.29, 1.82) is 5.26 Å². The predicted molar refractivity (Wildman–Crippen MR) is 115 cm³/mol. The van der Waals surface area contributed by atoms with Gasteiger partial charge in [-0.25, -0.2) is 4.79 Å². The minimum absolute atomic E-state index is 0.193. The zero-order valence-corrected chi connectivity index (χ0v) is 18.6. The predicted octanol–water partition coefficient (Wildman–Crippen LogP) is 6.56. The fourth-order valence-electron chi connectivity index (χ4n) is 3.28. The molecule has 1 aromatic rings. The summed E-state index contributed by atoms with van der Waals surface area (Å²) in [7, 11) is 0. The first-order chi connectivity index (χ1) is 13.0. The van der Waals surface area contributed by atoms with Crippen LogP contribution in [0.15, 0.2) is 24.3 Å². The molecule has 0 aromatic heterocycles. The lowest BCUT2D eigenvalue weighted by molar-refractivity contribution is 0.139. The van der Waals surface area contributed by atoms with Crippen LogP contribution >= 0.6 is 0 Å². The molecule has 0 bridgehead atoms. The molecule has 0 radical (unpaired) electrons. The molecule has 0 saturated heterocycles. The molecule has 1 aromatic carbocycles. The molecule has 0 aliphatic carbocycles. The Morgan fingerprint density at radius 3 is 2.25 bits per heavy atom. The van der Waals surface area contributed by atoms with Gasteiger partial charge in [0.15, 0.2) is 0 Å². The van der Waals surface area contributed by atoms with Gasteiger partial charge in [-0.1, -0.05) is 72.2 Å². The maximum atomic E-state index is 11.8. The highest BCUT2D eigenvalue weighted by Crippen LogP contribution is 2.43. The van der Waals surface area contributed by atoms with Gasteiger partial charge in [-0.2, -0.15) is 5.26 Å². The number of carbonyl (C=O) groups excluding carboxylic acids is 1. The summed E-state index contributed by atoms with van der Waals surface area (Å²) >= 11 is 0. The van der Waals surface area contributed by atoms with E-state index in [0.717, 1.165) is 31.2 Å². The molecule has 1 atom stereocenters. The van der Waals surface area contributed by atoms with Gasteiger partial charge in [0.2, 0.25) is 0 Å². The lowest BCUT2D eigenvalue weighted by atomic mass is 9.69. The van der Waals surface area contributed by atoms with E-state index in [4.69, 9.17) is 10.00 Å². The number of benzene rings is 1. The van der Waals surface area contributed by atoms with Crippen LogP contribution in [0.1, 0.15) is 90.7 Å². The quantitative estimate of drug-likeness (QED) is 0.489. The highest BCUT2D eigenvalue weighted by atomic mass is 16.5. The Hall–Kier alpha value is -2.02. The minimum Gasteiger partial charge on any atom is -0.445 e. The third kappa shape index (κ3) is 9.78. The van der Waals surface area contributed by atoms with Crippen molar-refractivity contribution >= 4 is 6.09 Å². The van der Waals surface area contributed by atoms with Crippen LogP contribution in [0.3, 0.4) is 0 Å². The van der Waals surface area contributed by atoms with E-state index in [1.165, 1.54) is 5.56 Å². The molecule has 0 fully saturated rings. The molecule has 156 valence electrons. The summed E-state index contributed by atoms with van der Waals surface area (Å²) in [5, 5.41) is 11.2. The Bertz CT molecular complexity index is 631. The third-order valence-corrected chi connectivity index (χ3v) is 4.85. The van der Waals surface area contributed by atoms with Crippen LogP contribution in [-0.4, -0.2) is 12.6 Å². The molecular weight excluding hydrogens is 348 g/mol. The first-order valence-electron chi connectivity index (χ1n) is 10.4. The largest absolute Gasteiger partial charge is 0.445 e. The molecule has 0 saturated carbocycles. The van der Waals surface area contributed by atoms with Crippen molar-refractivity contribution < 1.29 is 9.53 Å². The number of hydrogen-bond donors (Lipinski definition) is 1. The van der Waals surface area contributed by atoms with Gasteiger partial charge in [0.25, 0.3) is 0 Å². The second kappa shape index (κ2) is 11.1. The van der Waals surface area contributed by atoms with Gasteiger partial charge in [0.05, 0.1) is 6.07 Å². The van der Waals surface area contributed by atoms with Crippen molar-refractivity contribution in [3.8, 4) is 6.07 Å². The molecule has 4 nitrogen and oxygen atoms in total. The number of alkyl carbamates (subject to hydrolysis) is 1. The van der Waals surface area contributed by atoms with Crippen molar-refractivity contribution in [2.45, 2.75) is 86.2 Å². The van der Waals surface area contributed by atoms with Crippen LogP contribution in [0.25, 0.3) is 0 Å². The maximum Gasteiger partial charge on any atom is 0.407 e. The maximum absolute atomic E-state index is 11.8. The standard InChI is InChI=1S/C24H38N2O2/c1-23(2,3)17-21(24(4,5)6)20-13-11-19(12-14-20)18-28-22(27)26-16-10-8-7-9-15-25/h11-14,21H,7-10,16-18H2,1-6H3,(H,26,27). The van der Waals surface area contributed by atoms with E-state index in [1.807, 2.05) is 0 Å². The van der Waals surface area contributed by atoms with E-state index in [2.05, 4.69) is 77.2 Å². The number of unbranched alkanes of at least 4 members (excludes halogenated alkanes) is 3. The van der Waals surface area contributed by atoms with E-state index in [1.54, 1.807) is 0 Å². The van der Waals surface area contributed by atoms with Crippen molar-refractivity contribution in [3.05, 3.63) is 35.4 Å². The average Bonchev–Trinajstić information content (AvgIpc) is 2.60. The van der Waals surface area contributed by atoms with Crippen molar-refractivity contribution in [1.82, 2.24) is 5.32 Å². The van der Waals surface area contributed by atoms with Gasteiger partial charge < -0.3 is 10.1 Å². The molecule has 0 aliphatic heterocycles. The Labute approximate surface area is 171 Å². The number of amides is 1. The van der Waals surface area contributed by atoms with Gasteiger partial charge in [-0.05, 0) is 47.1 Å². The van der Waals surface area contributed by atoms with Gasteiger partial charge in [-0.3, -0.25) is 0 Å². The molecule has 1 rings (SSSR count). The average molecular weight is 387 g/mol. The fraction of sp³-hybridized carbons (Fsp3) is 0.667. The Balaban J connectivity index is 2.51. The third-order valence-electron chi connectivity index (χ3n) is 4.85. The van der Waals surface area contributed by atoms with E-state index < -0.39 is 0 Å². The number of ether oxygens (including phenoxy) is 1. The fourth-order valence-corrected chi connectivity index (χ4v) is 3.28. The monoisotopic (exact) mass is 386 g/mol. The minimum atomic E-state index is -0.385. The number of hydrogen-bond acceptors (Lipinski definition) is 3. The summed E-state index contributed by atoms with van der Waals surface area (Å²) in [4.78, 5) is 11.8. The second-order valence-electron chi connectivity index (χ2n) is 9.90. The SMILES string of the molecule is CC(C)(C)CC(c1ccc(COC(=O)NCCCCCC#N)cc1)C(C)(C)C. The highest BCUT2D eigenvalue weighted by Gasteiger charge is 2.30. The smallest absolute Gasteiger partial charge is 0.407 e. The molecular formula is C24H38N2O2. The van der Waals surface area contributed by atoms with Crippen molar-refractivity contribution in [3.63, 3.8) is 0 Å². The van der Waals surface area contributed by atoms with Gasteiger partial charge >= 0.3 is 6.09 Å². The Morgan fingerprint density at radius 2 is 1.71 bits per heavy atom. The summed E-state index contributed by atoms with van der Waals surface area (Å²) in [6.07, 6.45) is 4.01. The molecule has 4 heteroatoms. The molecule has 0 spiro atoms. The number of carbonyl (C=O) groups is 1. The van der Waals surface area contributed by atoms with Crippen LogP contribution in [0.2, 0.25) is 0 Å². The Morgan fingerprint density at radius 1 is 1.07 bits per heavy atom. The lowest BCUT2D eigenvalue weighted by Crippen LogP contribution is -2.25. The molecule has 0 aliphatic rings. The van der Waals surface area contributed by atoms with Crippen LogP contribution in [0, 0.1) is 22.2 Å². The molecule has 1 N–H and O–H groups in total. The van der Waals surface area contributed by atoms with E-state index in [9.17, 15) is 4.79 Å². The first kappa shape index (κ1) is 24.0. The lowest BCUT2D eigenvalue weighted by Gasteiger charge is -2.36. The van der Waals surface area contributed by atoms with E-state index >= 15 is 0 Å². The van der Waals surface area contributed by atoms with Gasteiger partial charge in [0, 0.05) is 13.0 Å². The van der Waals surface area contributed by atoms with Crippen LogP contribution in [-0.2, 0) is 11.3 Å². The molecule has 1 amide bonds. The van der Waals surface area contributed by atoms with Crippen LogP contribution in [0.5, 0.6) is 0 Å². The first-order valence-corrected chi connectivity index (χ1v) is 10.4.